The minimum atomic E-state index is -0.0802. The van der Waals surface area contributed by atoms with E-state index in [2.05, 4.69) is 41.6 Å². The summed E-state index contributed by atoms with van der Waals surface area (Å²) in [5, 5.41) is 8.85. The van der Waals surface area contributed by atoms with E-state index in [-0.39, 0.29) is 5.91 Å². The first-order valence-corrected chi connectivity index (χ1v) is 9.70. The van der Waals surface area contributed by atoms with Crippen LogP contribution in [0.1, 0.15) is 32.2 Å². The van der Waals surface area contributed by atoms with Crippen molar-refractivity contribution in [2.24, 2.45) is 0 Å². The smallest absolute Gasteiger partial charge is 0.266 e. The largest absolute Gasteiger partial charge is 0.318 e. The quantitative estimate of drug-likeness (QED) is 0.509. The minimum Gasteiger partial charge on any atom is -0.318 e. The Morgan fingerprint density at radius 3 is 2.41 bits per heavy atom. The average molecular weight is 375 g/mol. The van der Waals surface area contributed by atoms with Crippen LogP contribution in [0.4, 0.5) is 5.69 Å². The molecule has 0 radical (unpaired) electrons. The van der Waals surface area contributed by atoms with E-state index in [4.69, 9.17) is 0 Å². The zero-order valence-corrected chi connectivity index (χ0v) is 16.6. The number of hydrogen-bond donors (Lipinski definition) is 1. The number of nitrogens with one attached hydrogen (secondary N) is 1. The fraction of sp³-hybridized carbons (Fsp3) is 0.182. The third-order valence-corrected chi connectivity index (χ3v) is 6.13. The van der Waals surface area contributed by atoms with Crippen LogP contribution in [0.5, 0.6) is 0 Å². The van der Waals surface area contributed by atoms with Crippen LogP contribution >= 0.6 is 11.3 Å². The van der Waals surface area contributed by atoms with E-state index >= 15 is 0 Å². The molecule has 0 saturated heterocycles. The molecule has 27 heavy (non-hydrogen) atoms. The molecular formula is C22H21N3OS. The van der Waals surface area contributed by atoms with Gasteiger partial charge in [0.1, 0.15) is 0 Å². The highest BCUT2D eigenvalue weighted by Gasteiger charge is 2.19. The molecule has 0 fully saturated rings. The molecule has 5 heteroatoms. The predicted molar refractivity (Wildman–Crippen MR) is 112 cm³/mol. The Balaban J connectivity index is 1.69. The van der Waals surface area contributed by atoms with Crippen LogP contribution in [-0.4, -0.2) is 15.7 Å². The minimum absolute atomic E-state index is 0.0802. The van der Waals surface area contributed by atoms with Crippen LogP contribution in [-0.2, 0) is 0 Å². The van der Waals surface area contributed by atoms with Gasteiger partial charge in [-0.3, -0.25) is 4.79 Å². The zero-order valence-electron chi connectivity index (χ0n) is 15.8. The number of anilines is 1. The van der Waals surface area contributed by atoms with Crippen LogP contribution in [0.25, 0.3) is 15.8 Å². The van der Waals surface area contributed by atoms with Crippen molar-refractivity contribution in [2.75, 3.05) is 5.32 Å². The molecule has 2 aromatic heterocycles. The van der Waals surface area contributed by atoms with Crippen LogP contribution < -0.4 is 5.32 Å². The lowest BCUT2D eigenvalue weighted by molar-refractivity contribution is 0.103. The molecule has 0 aliphatic heterocycles. The third-order valence-electron chi connectivity index (χ3n) is 4.86. The molecule has 4 nitrogen and oxygen atoms in total. The van der Waals surface area contributed by atoms with Crippen molar-refractivity contribution in [1.29, 1.82) is 0 Å². The second-order valence-corrected chi connectivity index (χ2v) is 7.85. The van der Waals surface area contributed by atoms with E-state index < -0.39 is 0 Å². The molecule has 0 aliphatic carbocycles. The first-order chi connectivity index (χ1) is 13.0. The van der Waals surface area contributed by atoms with E-state index in [0.29, 0.717) is 0 Å². The van der Waals surface area contributed by atoms with E-state index in [1.165, 1.54) is 16.9 Å². The molecule has 136 valence electrons. The van der Waals surface area contributed by atoms with Gasteiger partial charge in [-0.05, 0) is 56.8 Å². The van der Waals surface area contributed by atoms with Gasteiger partial charge >= 0.3 is 0 Å². The molecule has 4 aromatic rings. The molecule has 1 amide bonds. The summed E-state index contributed by atoms with van der Waals surface area (Å²) in [5.74, 6) is -0.0802. The van der Waals surface area contributed by atoms with Gasteiger partial charge in [0.05, 0.1) is 27.6 Å². The summed E-state index contributed by atoms with van der Waals surface area (Å²) in [7, 11) is 0. The number of nitrogens with zero attached hydrogens (tertiary/aromatic N) is 2. The molecule has 0 bridgehead atoms. The Hall–Kier alpha value is -2.92. The Kier molecular flexibility index (Phi) is 4.32. The van der Waals surface area contributed by atoms with Gasteiger partial charge < -0.3 is 5.32 Å². The van der Waals surface area contributed by atoms with Crippen molar-refractivity contribution >= 4 is 33.0 Å². The highest BCUT2D eigenvalue weighted by atomic mass is 32.1. The van der Waals surface area contributed by atoms with Crippen molar-refractivity contribution in [2.45, 2.75) is 27.7 Å². The summed E-state index contributed by atoms with van der Waals surface area (Å²) in [6, 6.07) is 16.3. The maximum Gasteiger partial charge on any atom is 0.266 e. The topological polar surface area (TPSA) is 46.9 Å². The molecular weight excluding hydrogens is 354 g/mol. The van der Waals surface area contributed by atoms with Crippen molar-refractivity contribution in [3.8, 4) is 5.69 Å². The number of thiophene rings is 1. The molecule has 2 aromatic carbocycles. The van der Waals surface area contributed by atoms with E-state index in [1.54, 1.807) is 0 Å². The Bertz CT molecular complexity index is 1150. The molecule has 2 heterocycles. The van der Waals surface area contributed by atoms with E-state index in [9.17, 15) is 4.79 Å². The van der Waals surface area contributed by atoms with Crippen LogP contribution in [0.2, 0.25) is 0 Å². The molecule has 0 unspecified atom stereocenters. The Morgan fingerprint density at radius 1 is 1.00 bits per heavy atom. The second-order valence-electron chi connectivity index (χ2n) is 6.80. The van der Waals surface area contributed by atoms with Gasteiger partial charge in [-0.15, -0.1) is 11.3 Å². The lowest BCUT2D eigenvalue weighted by Gasteiger charge is -2.07. The number of fused-ring (bicyclic) bond motifs is 1. The lowest BCUT2D eigenvalue weighted by atomic mass is 10.1. The number of aryl methyl sites for hydroxylation is 3. The summed E-state index contributed by atoms with van der Waals surface area (Å²) in [4.78, 5) is 13.7. The fourth-order valence-corrected chi connectivity index (χ4v) is 4.43. The van der Waals surface area contributed by atoms with Gasteiger partial charge in [0.25, 0.3) is 5.91 Å². The highest BCUT2D eigenvalue weighted by molar-refractivity contribution is 7.21. The summed E-state index contributed by atoms with van der Waals surface area (Å²) < 4.78 is 3.01. The first kappa shape index (κ1) is 17.5. The normalized spacial score (nSPS) is 11.1. The number of aromatic nitrogens is 2. The average Bonchev–Trinajstić information content (AvgIpc) is 3.14. The van der Waals surface area contributed by atoms with Crippen molar-refractivity contribution in [1.82, 2.24) is 9.78 Å². The van der Waals surface area contributed by atoms with Gasteiger partial charge in [0, 0.05) is 4.70 Å². The first-order valence-electron chi connectivity index (χ1n) is 8.88. The van der Waals surface area contributed by atoms with E-state index in [1.807, 2.05) is 49.7 Å². The summed E-state index contributed by atoms with van der Waals surface area (Å²) in [6.07, 6.45) is 0. The van der Waals surface area contributed by atoms with Crippen molar-refractivity contribution in [3.05, 3.63) is 75.9 Å². The predicted octanol–water partition coefficient (Wildman–Crippen LogP) is 5.57. The Morgan fingerprint density at radius 2 is 1.70 bits per heavy atom. The summed E-state index contributed by atoms with van der Waals surface area (Å²) >= 11 is 1.53. The Labute approximate surface area is 162 Å². The number of rotatable bonds is 3. The van der Waals surface area contributed by atoms with Crippen LogP contribution in [0.3, 0.4) is 0 Å². The number of benzene rings is 2. The SMILES string of the molecule is Cc1ccc(-n2nc(C)c(NC(=O)c3sc4ccccc4c3C)c2C)cc1. The standard InChI is InChI=1S/C22H21N3OS/c1-13-9-11-17(12-10-13)25-16(4)20(15(3)24-25)23-22(26)21-14(2)18-7-5-6-8-19(18)27-21/h5-12H,1-4H3,(H,23,26). The highest BCUT2D eigenvalue weighted by Crippen LogP contribution is 2.32. The van der Waals surface area contributed by atoms with Crippen molar-refractivity contribution < 1.29 is 4.79 Å². The zero-order chi connectivity index (χ0) is 19.1. The summed E-state index contributed by atoms with van der Waals surface area (Å²) in [5.41, 5.74) is 5.71. The maximum absolute atomic E-state index is 13.0. The molecule has 0 saturated carbocycles. The van der Waals surface area contributed by atoms with Gasteiger partial charge in [-0.1, -0.05) is 35.9 Å². The number of hydrogen-bond acceptors (Lipinski definition) is 3. The molecule has 0 atom stereocenters. The van der Waals surface area contributed by atoms with Crippen molar-refractivity contribution in [3.63, 3.8) is 0 Å². The fourth-order valence-electron chi connectivity index (χ4n) is 3.32. The summed E-state index contributed by atoms with van der Waals surface area (Å²) in [6.45, 7) is 7.96. The van der Waals surface area contributed by atoms with Gasteiger partial charge in [0.2, 0.25) is 0 Å². The van der Waals surface area contributed by atoms with Gasteiger partial charge in [-0.25, -0.2) is 4.68 Å². The number of amides is 1. The molecule has 0 spiro atoms. The van der Waals surface area contributed by atoms with E-state index in [0.717, 1.165) is 43.3 Å². The second kappa shape index (κ2) is 6.67. The molecule has 4 rings (SSSR count). The van der Waals surface area contributed by atoms with Gasteiger partial charge in [-0.2, -0.15) is 5.10 Å². The molecule has 1 N–H and O–H groups in total. The number of carbonyl (C=O) groups excluding carboxylic acids is 1. The van der Waals surface area contributed by atoms with Gasteiger partial charge in [0.15, 0.2) is 0 Å². The lowest BCUT2D eigenvalue weighted by Crippen LogP contribution is -2.12. The monoisotopic (exact) mass is 375 g/mol. The number of carbonyl (C=O) groups is 1. The van der Waals surface area contributed by atoms with Crippen LogP contribution in [0, 0.1) is 27.7 Å². The maximum atomic E-state index is 13.0. The molecule has 0 aliphatic rings. The third kappa shape index (κ3) is 3.04. The van der Waals surface area contributed by atoms with Crippen LogP contribution in [0.15, 0.2) is 48.5 Å².